The fourth-order valence-corrected chi connectivity index (χ4v) is 4.18. The monoisotopic (exact) mass is 351 g/mol. The molecule has 0 bridgehead atoms. The Kier molecular flexibility index (Phi) is 4.53. The van der Waals surface area contributed by atoms with Crippen LogP contribution in [-0.2, 0) is 16.1 Å². The second-order valence-corrected chi connectivity index (χ2v) is 7.24. The van der Waals surface area contributed by atoms with Crippen molar-refractivity contribution in [3.8, 4) is 0 Å². The van der Waals surface area contributed by atoms with E-state index in [2.05, 4.69) is 35.9 Å². The molecule has 1 aromatic heterocycles. The number of rotatable bonds is 3. The van der Waals surface area contributed by atoms with Crippen LogP contribution < -0.4 is 0 Å². The van der Waals surface area contributed by atoms with Crippen molar-refractivity contribution in [1.82, 2.24) is 14.4 Å². The number of aromatic nitrogens is 1. The molecule has 0 N–H and O–H groups in total. The summed E-state index contributed by atoms with van der Waals surface area (Å²) >= 11 is 0. The van der Waals surface area contributed by atoms with Crippen molar-refractivity contribution in [3.63, 3.8) is 0 Å². The molecule has 136 valence electrons. The average molecular weight is 351 g/mol. The highest BCUT2D eigenvalue weighted by atomic mass is 16.2. The van der Waals surface area contributed by atoms with Crippen molar-refractivity contribution < 1.29 is 9.59 Å². The van der Waals surface area contributed by atoms with Gasteiger partial charge >= 0.3 is 0 Å². The maximum atomic E-state index is 13.1. The molecule has 0 radical (unpaired) electrons. The molecule has 2 aliphatic heterocycles. The maximum absolute atomic E-state index is 13.1. The van der Waals surface area contributed by atoms with Crippen LogP contribution in [0.3, 0.4) is 0 Å². The number of benzene rings is 1. The van der Waals surface area contributed by atoms with Crippen molar-refractivity contribution in [2.24, 2.45) is 0 Å². The summed E-state index contributed by atoms with van der Waals surface area (Å²) in [5.41, 5.74) is 3.41. The van der Waals surface area contributed by atoms with Crippen molar-refractivity contribution >= 4 is 11.8 Å². The molecule has 1 fully saturated rings. The first-order valence-corrected chi connectivity index (χ1v) is 9.43. The Morgan fingerprint density at radius 2 is 1.73 bits per heavy atom. The summed E-state index contributed by atoms with van der Waals surface area (Å²) in [5, 5.41) is 0. The molecule has 0 unspecified atom stereocenters. The largest absolute Gasteiger partial charge is 0.348 e. The summed E-state index contributed by atoms with van der Waals surface area (Å²) in [6.45, 7) is 5.06. The lowest BCUT2D eigenvalue weighted by atomic mass is 9.95. The van der Waals surface area contributed by atoms with Gasteiger partial charge in [0.15, 0.2) is 0 Å². The Labute approximate surface area is 154 Å². The predicted molar refractivity (Wildman–Crippen MR) is 99.6 cm³/mol. The van der Waals surface area contributed by atoms with E-state index in [4.69, 9.17) is 0 Å². The minimum absolute atomic E-state index is 0.0247. The van der Waals surface area contributed by atoms with E-state index in [9.17, 15) is 9.59 Å². The van der Waals surface area contributed by atoms with Gasteiger partial charge in [-0.25, -0.2) is 0 Å². The van der Waals surface area contributed by atoms with E-state index in [0.717, 1.165) is 49.3 Å². The van der Waals surface area contributed by atoms with Gasteiger partial charge in [0.1, 0.15) is 6.42 Å². The number of nitrogens with zero attached hydrogens (tertiary/aromatic N) is 3. The Balaban J connectivity index is 1.62. The van der Waals surface area contributed by atoms with E-state index in [1.165, 1.54) is 0 Å². The SMILES string of the molecule is Cc1ccccc1[C@H]1c2cccn2CCN1C(=O)CC(=O)N1CCCC1. The van der Waals surface area contributed by atoms with E-state index in [1.807, 2.05) is 28.0 Å². The van der Waals surface area contributed by atoms with Crippen LogP contribution in [-0.4, -0.2) is 45.8 Å². The molecule has 0 saturated carbocycles. The van der Waals surface area contributed by atoms with Crippen LogP contribution in [0, 0.1) is 6.92 Å². The Morgan fingerprint density at radius 1 is 0.962 bits per heavy atom. The van der Waals surface area contributed by atoms with Crippen LogP contribution in [0.25, 0.3) is 0 Å². The van der Waals surface area contributed by atoms with Gasteiger partial charge in [-0.2, -0.15) is 0 Å². The van der Waals surface area contributed by atoms with Crippen molar-refractivity contribution in [2.75, 3.05) is 19.6 Å². The zero-order valence-electron chi connectivity index (χ0n) is 15.2. The topological polar surface area (TPSA) is 45.6 Å². The lowest BCUT2D eigenvalue weighted by molar-refractivity contribution is -0.141. The lowest BCUT2D eigenvalue weighted by Gasteiger charge is -2.38. The lowest BCUT2D eigenvalue weighted by Crippen LogP contribution is -2.44. The normalized spacial score (nSPS) is 19.5. The molecule has 1 atom stereocenters. The summed E-state index contributed by atoms with van der Waals surface area (Å²) in [6.07, 6.45) is 4.13. The molecule has 0 aliphatic carbocycles. The van der Waals surface area contributed by atoms with Gasteiger partial charge in [0, 0.05) is 38.1 Å². The van der Waals surface area contributed by atoms with Crippen LogP contribution in [0.5, 0.6) is 0 Å². The van der Waals surface area contributed by atoms with Crippen LogP contribution in [0.2, 0.25) is 0 Å². The summed E-state index contributed by atoms with van der Waals surface area (Å²) in [7, 11) is 0. The second kappa shape index (κ2) is 6.98. The summed E-state index contributed by atoms with van der Waals surface area (Å²) in [6, 6.07) is 12.2. The number of fused-ring (bicyclic) bond motifs is 1. The minimum Gasteiger partial charge on any atom is -0.348 e. The number of hydrogen-bond acceptors (Lipinski definition) is 2. The van der Waals surface area contributed by atoms with E-state index in [0.29, 0.717) is 6.54 Å². The van der Waals surface area contributed by atoms with Crippen LogP contribution in [0.1, 0.15) is 42.1 Å². The number of likely N-dealkylation sites (tertiary alicyclic amines) is 1. The molecule has 1 aromatic carbocycles. The fraction of sp³-hybridized carbons (Fsp3) is 0.429. The van der Waals surface area contributed by atoms with Gasteiger partial charge in [-0.1, -0.05) is 24.3 Å². The molecule has 4 rings (SSSR count). The summed E-state index contributed by atoms with van der Waals surface area (Å²) in [5.74, 6) is -0.0976. The molecule has 5 heteroatoms. The van der Waals surface area contributed by atoms with Crippen LogP contribution >= 0.6 is 0 Å². The number of carbonyl (C=O) groups is 2. The highest BCUT2D eigenvalue weighted by Crippen LogP contribution is 2.34. The third-order valence-electron chi connectivity index (χ3n) is 5.60. The summed E-state index contributed by atoms with van der Waals surface area (Å²) in [4.78, 5) is 29.3. The van der Waals surface area contributed by atoms with Gasteiger partial charge in [0.2, 0.25) is 11.8 Å². The fourth-order valence-electron chi connectivity index (χ4n) is 4.18. The van der Waals surface area contributed by atoms with E-state index in [1.54, 1.807) is 0 Å². The van der Waals surface area contributed by atoms with Gasteiger partial charge in [-0.05, 0) is 43.0 Å². The van der Waals surface area contributed by atoms with Crippen LogP contribution in [0.15, 0.2) is 42.6 Å². The molecule has 0 spiro atoms. The zero-order chi connectivity index (χ0) is 18.1. The quantitative estimate of drug-likeness (QED) is 0.798. The second-order valence-electron chi connectivity index (χ2n) is 7.24. The smallest absolute Gasteiger partial charge is 0.232 e. The Morgan fingerprint density at radius 3 is 2.50 bits per heavy atom. The van der Waals surface area contributed by atoms with Crippen molar-refractivity contribution in [1.29, 1.82) is 0 Å². The molecule has 3 heterocycles. The highest BCUT2D eigenvalue weighted by molar-refractivity contribution is 5.97. The molecule has 26 heavy (non-hydrogen) atoms. The Hall–Kier alpha value is -2.56. The third-order valence-corrected chi connectivity index (χ3v) is 5.60. The average Bonchev–Trinajstić information content (AvgIpc) is 3.33. The van der Waals surface area contributed by atoms with Crippen molar-refractivity contribution in [2.45, 2.75) is 38.8 Å². The first kappa shape index (κ1) is 16.9. The van der Waals surface area contributed by atoms with Gasteiger partial charge in [-0.15, -0.1) is 0 Å². The molecule has 2 amide bonds. The molecular weight excluding hydrogens is 326 g/mol. The maximum Gasteiger partial charge on any atom is 0.232 e. The van der Waals surface area contributed by atoms with Gasteiger partial charge in [-0.3, -0.25) is 9.59 Å². The van der Waals surface area contributed by atoms with Gasteiger partial charge in [0.25, 0.3) is 0 Å². The van der Waals surface area contributed by atoms with Crippen molar-refractivity contribution in [3.05, 3.63) is 59.4 Å². The zero-order valence-corrected chi connectivity index (χ0v) is 15.2. The highest BCUT2D eigenvalue weighted by Gasteiger charge is 2.34. The summed E-state index contributed by atoms with van der Waals surface area (Å²) < 4.78 is 2.21. The first-order chi connectivity index (χ1) is 12.6. The number of aryl methyl sites for hydroxylation is 1. The Bertz CT molecular complexity index is 820. The third kappa shape index (κ3) is 3.02. The number of hydrogen-bond donors (Lipinski definition) is 0. The first-order valence-electron chi connectivity index (χ1n) is 9.43. The molecule has 5 nitrogen and oxygen atoms in total. The molecule has 2 aromatic rings. The van der Waals surface area contributed by atoms with E-state index >= 15 is 0 Å². The molecule has 2 aliphatic rings. The molecular formula is C21H25N3O2. The molecule has 1 saturated heterocycles. The van der Waals surface area contributed by atoms with E-state index in [-0.39, 0.29) is 24.3 Å². The standard InChI is InChI=1S/C21H25N3O2/c1-16-7-2-3-8-17(16)21-18-9-6-12-22(18)13-14-24(21)20(26)15-19(25)23-10-4-5-11-23/h2-3,6-9,12,21H,4-5,10-11,13-15H2,1H3/t21-/m0/s1. The minimum atomic E-state index is -0.126. The van der Waals surface area contributed by atoms with Gasteiger partial charge < -0.3 is 14.4 Å². The van der Waals surface area contributed by atoms with E-state index < -0.39 is 0 Å². The number of amides is 2. The van der Waals surface area contributed by atoms with Crippen LogP contribution in [0.4, 0.5) is 0 Å². The van der Waals surface area contributed by atoms with Gasteiger partial charge in [0.05, 0.1) is 6.04 Å². The number of carbonyl (C=O) groups excluding carboxylic acids is 2. The predicted octanol–water partition coefficient (Wildman–Crippen LogP) is 2.74.